The first-order valence-corrected chi connectivity index (χ1v) is 18.2. The van der Waals surface area contributed by atoms with E-state index in [1.165, 1.54) is 0 Å². The zero-order valence-electron chi connectivity index (χ0n) is 45.9. The number of fused-ring (bicyclic) bond motifs is 8. The van der Waals surface area contributed by atoms with Crippen LogP contribution in [0, 0.1) is 0 Å². The summed E-state index contributed by atoms with van der Waals surface area (Å²) >= 11 is 0. The molecule has 0 aliphatic carbocycles. The fourth-order valence-electron chi connectivity index (χ4n) is 7.67. The van der Waals surface area contributed by atoms with Crippen molar-refractivity contribution in [2.24, 2.45) is 0 Å². The zero-order chi connectivity index (χ0) is 52.1. The molecule has 5 heteroatoms. The first-order valence-electron chi connectivity index (χ1n) is 26.2. The van der Waals surface area contributed by atoms with Gasteiger partial charge in [0.2, 0.25) is 0 Å². The Hall–Kier alpha value is -7.89. The largest absolute Gasteiger partial charge is 0.454 e. The van der Waals surface area contributed by atoms with Gasteiger partial charge >= 0.3 is 0 Å². The highest BCUT2D eigenvalue weighted by Gasteiger charge is 2.22. The summed E-state index contributed by atoms with van der Waals surface area (Å²) in [6.07, 6.45) is 0. The van der Waals surface area contributed by atoms with Gasteiger partial charge in [-0.05, 0) is 69.0 Å². The Labute approximate surface area is 355 Å². The Kier molecular flexibility index (Phi) is 4.50. The highest BCUT2D eigenvalue weighted by molar-refractivity contribution is 6.19. The third kappa shape index (κ3) is 5.00. The Morgan fingerprint density at radius 1 is 0.431 bits per heavy atom. The second-order valence-corrected chi connectivity index (χ2v) is 13.5. The maximum atomic E-state index is 9.65. The molecule has 12 aromatic rings. The Bertz CT molecular complexity index is 4450. The number of aromatic nitrogens is 4. The molecule has 12 rings (SSSR count). The van der Waals surface area contributed by atoms with E-state index in [9.17, 15) is 11.0 Å². The SMILES string of the molecule is [2H]c1c([2H])c(-c2ccc(-c3nc(-c4ccccc4)nc(-c4ccccc4)n3)c3ccccc23)c2c(oc3c(-n4c5c([2H])c([2H])c([2H])c([2H])c5c5c([2H])c6c([2H])c([2H])c([2H])c([2H])c6c([2H])c54)c([2H])c([2H])c([2H])c32)c1[2H]. The van der Waals surface area contributed by atoms with Gasteiger partial charge in [0.15, 0.2) is 23.1 Å². The molecular formula is C53H32N4O. The maximum Gasteiger partial charge on any atom is 0.164 e. The minimum absolute atomic E-state index is 0.0189. The Morgan fingerprint density at radius 3 is 1.79 bits per heavy atom. The summed E-state index contributed by atoms with van der Waals surface area (Å²) in [5.41, 5.74) is 0.469. The first-order chi connectivity index (χ1) is 35.4. The summed E-state index contributed by atoms with van der Waals surface area (Å²) < 4.78 is 153. The highest BCUT2D eigenvalue weighted by atomic mass is 16.3. The number of furan rings is 1. The lowest BCUT2D eigenvalue weighted by Gasteiger charge is -2.14. The van der Waals surface area contributed by atoms with Crippen LogP contribution in [0.5, 0.6) is 0 Å². The maximum absolute atomic E-state index is 9.65. The molecular weight excluding hydrogens is 709 g/mol. The van der Waals surface area contributed by atoms with Gasteiger partial charge in [0, 0.05) is 38.2 Å². The lowest BCUT2D eigenvalue weighted by atomic mass is 9.92. The number of rotatable bonds is 5. The number of hydrogen-bond acceptors (Lipinski definition) is 4. The van der Waals surface area contributed by atoms with Crippen molar-refractivity contribution in [1.82, 2.24) is 19.5 Å². The van der Waals surface area contributed by atoms with Gasteiger partial charge in [0.05, 0.1) is 38.7 Å². The lowest BCUT2D eigenvalue weighted by Crippen LogP contribution is -2.00. The third-order valence-corrected chi connectivity index (χ3v) is 10.2. The van der Waals surface area contributed by atoms with Crippen molar-refractivity contribution in [3.05, 3.63) is 194 Å². The van der Waals surface area contributed by atoms with Crippen molar-refractivity contribution in [2.45, 2.75) is 0 Å². The van der Waals surface area contributed by atoms with Crippen LogP contribution in [0.15, 0.2) is 198 Å². The summed E-state index contributed by atoms with van der Waals surface area (Å²) in [6.45, 7) is 0. The minimum Gasteiger partial charge on any atom is -0.454 e. The van der Waals surface area contributed by atoms with Crippen LogP contribution in [0.4, 0.5) is 0 Å². The minimum atomic E-state index is -0.748. The summed E-state index contributed by atoms with van der Waals surface area (Å²) in [4.78, 5) is 14.7. The van der Waals surface area contributed by atoms with Crippen LogP contribution in [-0.4, -0.2) is 19.5 Å². The molecule has 5 nitrogen and oxygen atoms in total. The van der Waals surface area contributed by atoms with Gasteiger partial charge in [0.1, 0.15) is 5.58 Å². The molecule has 0 saturated carbocycles. The van der Waals surface area contributed by atoms with Crippen LogP contribution in [0.3, 0.4) is 0 Å². The van der Waals surface area contributed by atoms with Crippen LogP contribution in [0.1, 0.15) is 21.9 Å². The van der Waals surface area contributed by atoms with Crippen molar-refractivity contribution in [1.29, 1.82) is 0 Å². The van der Waals surface area contributed by atoms with E-state index in [2.05, 4.69) is 0 Å². The highest BCUT2D eigenvalue weighted by Crippen LogP contribution is 2.44. The number of para-hydroxylation sites is 2. The summed E-state index contributed by atoms with van der Waals surface area (Å²) in [5.74, 6) is 1.16. The molecule has 0 fully saturated rings. The van der Waals surface area contributed by atoms with E-state index in [0.29, 0.717) is 39.4 Å². The predicted molar refractivity (Wildman–Crippen MR) is 238 cm³/mol. The molecule has 3 aromatic heterocycles. The Morgan fingerprint density at radius 2 is 1.03 bits per heavy atom. The number of benzene rings is 9. The van der Waals surface area contributed by atoms with E-state index >= 15 is 0 Å². The molecule has 0 bridgehead atoms. The molecule has 0 atom stereocenters. The van der Waals surface area contributed by atoms with Gasteiger partial charge in [-0.1, -0.05) is 157 Å². The van der Waals surface area contributed by atoms with Crippen molar-refractivity contribution >= 4 is 65.3 Å². The molecule has 0 aliphatic heterocycles. The molecule has 3 heterocycles. The average Bonchev–Trinajstić information content (AvgIpc) is 3.99. The van der Waals surface area contributed by atoms with Gasteiger partial charge in [-0.15, -0.1) is 0 Å². The fourth-order valence-corrected chi connectivity index (χ4v) is 7.67. The van der Waals surface area contributed by atoms with Crippen molar-refractivity contribution in [2.75, 3.05) is 0 Å². The molecule has 0 spiro atoms. The standard InChI is InChI=1S/C53H32N4O/c1-3-15-33(16-4-1)51-54-52(34-17-5-2-6-18-34)56-53(55-51)42-30-29-39(37-21-9-10-22-38(37)42)41-24-14-28-48-49(41)43-25-13-27-46(50(43)58-48)57-45-26-12-11-23-40(45)44-31-35-19-7-8-20-36(35)32-47(44)57/h1-32H/i7D,8D,11D,12D,13D,14D,19D,20D,23D,24D,25D,26D,27D,28D,31D,32D. The smallest absolute Gasteiger partial charge is 0.164 e. The number of hydrogen-bond donors (Lipinski definition) is 0. The van der Waals surface area contributed by atoms with Gasteiger partial charge in [0.25, 0.3) is 0 Å². The molecule has 0 N–H and O–H groups in total. The van der Waals surface area contributed by atoms with Crippen molar-refractivity contribution < 1.29 is 26.3 Å². The van der Waals surface area contributed by atoms with E-state index in [-0.39, 0.29) is 43.6 Å². The second-order valence-electron chi connectivity index (χ2n) is 13.5. The molecule has 58 heavy (non-hydrogen) atoms. The molecule has 0 aliphatic rings. The van der Waals surface area contributed by atoms with Gasteiger partial charge < -0.3 is 8.98 Å². The third-order valence-electron chi connectivity index (χ3n) is 10.2. The lowest BCUT2D eigenvalue weighted by molar-refractivity contribution is 0.666. The molecule has 0 saturated heterocycles. The van der Waals surface area contributed by atoms with E-state index in [1.807, 2.05) is 72.8 Å². The fraction of sp³-hybridized carbons (Fsp3) is 0. The molecule has 0 unspecified atom stereocenters. The van der Waals surface area contributed by atoms with Gasteiger partial charge in [-0.2, -0.15) is 0 Å². The van der Waals surface area contributed by atoms with Crippen LogP contribution >= 0.6 is 0 Å². The van der Waals surface area contributed by atoms with Gasteiger partial charge in [-0.3, -0.25) is 0 Å². The summed E-state index contributed by atoms with van der Waals surface area (Å²) in [7, 11) is 0. The quantitative estimate of drug-likeness (QED) is 0.175. The second kappa shape index (κ2) is 12.8. The average molecular weight is 757 g/mol. The summed E-state index contributed by atoms with van der Waals surface area (Å²) in [5, 5.41) is -0.594. The first kappa shape index (κ1) is 20.3. The molecule has 9 aromatic carbocycles. The zero-order valence-corrected chi connectivity index (χ0v) is 29.9. The van der Waals surface area contributed by atoms with Crippen LogP contribution in [0.2, 0.25) is 0 Å². The van der Waals surface area contributed by atoms with E-state index in [0.717, 1.165) is 15.7 Å². The molecule has 270 valence electrons. The summed E-state index contributed by atoms with van der Waals surface area (Å²) in [6, 6.07) is 19.0. The van der Waals surface area contributed by atoms with Crippen LogP contribution < -0.4 is 0 Å². The normalized spacial score (nSPS) is 15.7. The topological polar surface area (TPSA) is 56.7 Å². The van der Waals surface area contributed by atoms with Crippen LogP contribution in [0.25, 0.3) is 116 Å². The molecule has 0 amide bonds. The van der Waals surface area contributed by atoms with Crippen LogP contribution in [-0.2, 0) is 0 Å². The van der Waals surface area contributed by atoms with E-state index in [4.69, 9.17) is 30.3 Å². The Balaban J connectivity index is 1.21. The monoisotopic (exact) mass is 756 g/mol. The predicted octanol–water partition coefficient (Wildman–Crippen LogP) is 13.8. The van der Waals surface area contributed by atoms with E-state index < -0.39 is 119 Å². The molecule has 0 radical (unpaired) electrons. The van der Waals surface area contributed by atoms with Crippen molar-refractivity contribution in [3.63, 3.8) is 0 Å². The number of nitrogens with zero attached hydrogens (tertiary/aromatic N) is 4. The van der Waals surface area contributed by atoms with Crippen molar-refractivity contribution in [3.8, 4) is 51.0 Å². The van der Waals surface area contributed by atoms with E-state index in [1.54, 1.807) is 24.3 Å². The van der Waals surface area contributed by atoms with Gasteiger partial charge in [-0.25, -0.2) is 15.0 Å².